The Morgan fingerprint density at radius 3 is 2.55 bits per heavy atom. The van der Waals surface area contributed by atoms with E-state index < -0.39 is 5.60 Å². The number of ether oxygens (including phenoxy) is 2. The van der Waals surface area contributed by atoms with Gasteiger partial charge >= 0.3 is 6.09 Å². The van der Waals surface area contributed by atoms with Crippen LogP contribution < -0.4 is 9.64 Å². The third kappa shape index (κ3) is 4.69. The first-order valence-electron chi connectivity index (χ1n) is 11.3. The van der Waals surface area contributed by atoms with Gasteiger partial charge in [-0.2, -0.15) is 5.10 Å². The van der Waals surface area contributed by atoms with Gasteiger partial charge in [0.2, 0.25) is 5.88 Å². The van der Waals surface area contributed by atoms with Crippen molar-refractivity contribution in [2.75, 3.05) is 31.1 Å². The summed E-state index contributed by atoms with van der Waals surface area (Å²) in [5.41, 5.74) is 1.67. The molecule has 1 saturated heterocycles. The van der Waals surface area contributed by atoms with Gasteiger partial charge in [0.1, 0.15) is 29.0 Å². The molecular formula is C23H29N7O3. The van der Waals surface area contributed by atoms with Crippen molar-refractivity contribution in [1.29, 1.82) is 0 Å². The highest BCUT2D eigenvalue weighted by atomic mass is 16.6. The fourth-order valence-corrected chi connectivity index (χ4v) is 3.77. The Bertz CT molecular complexity index is 1170. The van der Waals surface area contributed by atoms with Gasteiger partial charge in [0.25, 0.3) is 0 Å². The third-order valence-corrected chi connectivity index (χ3v) is 5.88. The summed E-state index contributed by atoms with van der Waals surface area (Å²) in [5, 5.41) is 8.41. The lowest BCUT2D eigenvalue weighted by atomic mass is 10.2. The molecule has 2 fully saturated rings. The molecule has 3 aromatic heterocycles. The highest BCUT2D eigenvalue weighted by Crippen LogP contribution is 2.39. The minimum absolute atomic E-state index is 0.103. The molecular weight excluding hydrogens is 422 g/mol. The zero-order valence-corrected chi connectivity index (χ0v) is 19.5. The number of anilines is 1. The summed E-state index contributed by atoms with van der Waals surface area (Å²) < 4.78 is 11.5. The van der Waals surface area contributed by atoms with E-state index in [9.17, 15) is 4.79 Å². The molecule has 1 saturated carbocycles. The Morgan fingerprint density at radius 1 is 1.09 bits per heavy atom. The summed E-state index contributed by atoms with van der Waals surface area (Å²) in [4.78, 5) is 29.5. The van der Waals surface area contributed by atoms with Gasteiger partial charge in [-0.1, -0.05) is 0 Å². The minimum atomic E-state index is -0.501. The molecule has 0 aromatic carbocycles. The lowest BCUT2D eigenvalue weighted by Gasteiger charge is -2.36. The van der Waals surface area contributed by atoms with Crippen LogP contribution in [-0.2, 0) is 4.74 Å². The van der Waals surface area contributed by atoms with E-state index in [1.807, 2.05) is 32.9 Å². The number of aromatic nitrogens is 5. The van der Waals surface area contributed by atoms with Crippen LogP contribution in [0.4, 0.5) is 10.6 Å². The van der Waals surface area contributed by atoms with Gasteiger partial charge in [-0.15, -0.1) is 0 Å². The van der Waals surface area contributed by atoms with E-state index in [4.69, 9.17) is 9.47 Å². The molecule has 1 aliphatic heterocycles. The average Bonchev–Trinajstić information content (AvgIpc) is 3.35. The van der Waals surface area contributed by atoms with Gasteiger partial charge in [0.15, 0.2) is 0 Å². The number of hydrogen-bond donors (Lipinski definition) is 1. The lowest BCUT2D eigenvalue weighted by Crippen LogP contribution is -2.50. The number of nitrogens with one attached hydrogen (secondary N) is 1. The van der Waals surface area contributed by atoms with Crippen molar-refractivity contribution in [2.45, 2.75) is 51.7 Å². The van der Waals surface area contributed by atoms with Crippen molar-refractivity contribution in [3.8, 4) is 17.3 Å². The summed E-state index contributed by atoms with van der Waals surface area (Å²) in [6.45, 7) is 10.2. The molecule has 5 rings (SSSR count). The number of nitrogens with zero attached hydrogens (tertiary/aromatic N) is 6. The second kappa shape index (κ2) is 7.86. The second-order valence-electron chi connectivity index (χ2n) is 9.91. The number of piperazine rings is 1. The molecule has 33 heavy (non-hydrogen) atoms. The van der Waals surface area contributed by atoms with Gasteiger partial charge in [-0.3, -0.25) is 5.10 Å². The molecule has 0 unspecified atom stereocenters. The van der Waals surface area contributed by atoms with Crippen LogP contribution in [0.2, 0.25) is 0 Å². The topological polar surface area (TPSA) is 109 Å². The van der Waals surface area contributed by atoms with E-state index in [1.54, 1.807) is 17.4 Å². The first-order chi connectivity index (χ1) is 15.7. The lowest BCUT2D eigenvalue weighted by molar-refractivity contribution is 0.0240. The Kier molecular flexibility index (Phi) is 5.10. The molecule has 2 aliphatic rings. The zero-order valence-electron chi connectivity index (χ0n) is 19.5. The number of hydrogen-bond acceptors (Lipinski definition) is 8. The van der Waals surface area contributed by atoms with Crippen LogP contribution in [0.25, 0.3) is 22.3 Å². The van der Waals surface area contributed by atoms with Crippen molar-refractivity contribution in [2.24, 2.45) is 0 Å². The van der Waals surface area contributed by atoms with Gasteiger partial charge in [0.05, 0.1) is 17.4 Å². The maximum Gasteiger partial charge on any atom is 0.410 e. The van der Waals surface area contributed by atoms with E-state index in [-0.39, 0.29) is 11.7 Å². The molecule has 0 spiro atoms. The SMILES string of the molecule is CC(C)(C)OC(=O)N1CCN(c2cc(-c3n[nH]c4cnc(OC5(C)CC5)cc34)ncn2)CC1. The maximum absolute atomic E-state index is 12.3. The van der Waals surface area contributed by atoms with Crippen molar-refractivity contribution in [3.63, 3.8) is 0 Å². The number of pyridine rings is 1. The first kappa shape index (κ1) is 21.4. The van der Waals surface area contributed by atoms with Crippen molar-refractivity contribution >= 4 is 22.8 Å². The largest absolute Gasteiger partial charge is 0.471 e. The summed E-state index contributed by atoms with van der Waals surface area (Å²) in [6, 6.07) is 3.85. The Hall–Kier alpha value is -3.43. The van der Waals surface area contributed by atoms with Crippen LogP contribution in [0, 0.1) is 0 Å². The third-order valence-electron chi connectivity index (χ3n) is 5.88. The maximum atomic E-state index is 12.3. The Balaban J connectivity index is 1.32. The predicted molar refractivity (Wildman–Crippen MR) is 123 cm³/mol. The van der Waals surface area contributed by atoms with E-state index in [2.05, 4.69) is 37.0 Å². The number of H-pyrrole nitrogens is 1. The highest BCUT2D eigenvalue weighted by molar-refractivity contribution is 5.92. The molecule has 0 atom stereocenters. The monoisotopic (exact) mass is 451 g/mol. The standard InChI is InChI=1S/C23H29N7O3/c1-22(2,3)33-21(31)30-9-7-29(8-10-30)18-12-16(25-14-26-18)20-15-11-19(32-23(4)5-6-23)24-13-17(15)27-28-20/h11-14H,5-10H2,1-4H3,(H,27,28). The molecule has 10 heteroatoms. The predicted octanol–water partition coefficient (Wildman–Crippen LogP) is 3.40. The number of aromatic amines is 1. The number of fused-ring (bicyclic) bond motifs is 1. The molecule has 10 nitrogen and oxygen atoms in total. The van der Waals surface area contributed by atoms with Gasteiger partial charge < -0.3 is 19.3 Å². The van der Waals surface area contributed by atoms with Crippen LogP contribution in [0.5, 0.6) is 5.88 Å². The van der Waals surface area contributed by atoms with Crippen LogP contribution in [-0.4, -0.2) is 73.5 Å². The summed E-state index contributed by atoms with van der Waals surface area (Å²) in [7, 11) is 0. The molecule has 174 valence electrons. The van der Waals surface area contributed by atoms with Crippen LogP contribution in [0.1, 0.15) is 40.5 Å². The zero-order chi connectivity index (χ0) is 23.2. The van der Waals surface area contributed by atoms with Gasteiger partial charge in [0, 0.05) is 43.7 Å². The molecule has 1 amide bonds. The fraction of sp³-hybridized carbons (Fsp3) is 0.522. The van der Waals surface area contributed by atoms with E-state index in [0.29, 0.717) is 32.1 Å². The van der Waals surface area contributed by atoms with Gasteiger partial charge in [-0.25, -0.2) is 19.7 Å². The minimum Gasteiger partial charge on any atom is -0.471 e. The molecule has 1 N–H and O–H groups in total. The number of amides is 1. The van der Waals surface area contributed by atoms with Crippen LogP contribution in [0.15, 0.2) is 24.7 Å². The van der Waals surface area contributed by atoms with Crippen LogP contribution in [0.3, 0.4) is 0 Å². The summed E-state index contributed by atoms with van der Waals surface area (Å²) >= 11 is 0. The first-order valence-corrected chi connectivity index (χ1v) is 11.3. The van der Waals surface area contributed by atoms with Crippen molar-refractivity contribution < 1.29 is 14.3 Å². The molecule has 4 heterocycles. The van der Waals surface area contributed by atoms with E-state index in [0.717, 1.165) is 41.0 Å². The van der Waals surface area contributed by atoms with Crippen molar-refractivity contribution in [3.05, 3.63) is 24.7 Å². The molecule has 1 aliphatic carbocycles. The second-order valence-corrected chi connectivity index (χ2v) is 9.91. The Labute approximate surface area is 192 Å². The van der Waals surface area contributed by atoms with E-state index in [1.165, 1.54) is 0 Å². The summed E-state index contributed by atoms with van der Waals surface area (Å²) in [5.74, 6) is 1.40. The molecule has 0 bridgehead atoms. The normalized spacial score (nSPS) is 17.8. The number of carbonyl (C=O) groups is 1. The quantitative estimate of drug-likeness (QED) is 0.643. The number of rotatable bonds is 4. The molecule has 3 aromatic rings. The highest BCUT2D eigenvalue weighted by Gasteiger charge is 2.40. The van der Waals surface area contributed by atoms with Gasteiger partial charge in [-0.05, 0) is 40.5 Å². The fourth-order valence-electron chi connectivity index (χ4n) is 3.77. The number of carbonyl (C=O) groups excluding carboxylic acids is 1. The summed E-state index contributed by atoms with van der Waals surface area (Å²) in [6.07, 6.45) is 5.10. The van der Waals surface area contributed by atoms with E-state index >= 15 is 0 Å². The van der Waals surface area contributed by atoms with Crippen molar-refractivity contribution in [1.82, 2.24) is 30.0 Å². The smallest absolute Gasteiger partial charge is 0.410 e. The molecule has 0 radical (unpaired) electrons. The average molecular weight is 452 g/mol. The van der Waals surface area contributed by atoms with Crippen LogP contribution >= 0.6 is 0 Å². The Morgan fingerprint density at radius 2 is 1.85 bits per heavy atom.